The van der Waals surface area contributed by atoms with Crippen molar-refractivity contribution in [3.05, 3.63) is 29.3 Å². The lowest BCUT2D eigenvalue weighted by atomic mass is 9.86. The zero-order valence-electron chi connectivity index (χ0n) is 9.09. The Labute approximate surface area is 84.7 Å². The molecule has 0 unspecified atom stereocenters. The van der Waals surface area contributed by atoms with Gasteiger partial charge in [0.1, 0.15) is 0 Å². The number of hydrogen-bond acceptors (Lipinski definition) is 2. The van der Waals surface area contributed by atoms with E-state index in [9.17, 15) is 4.79 Å². The van der Waals surface area contributed by atoms with E-state index < -0.39 is 0 Å². The highest BCUT2D eigenvalue weighted by atomic mass is 16.1. The molecule has 0 aliphatic carbocycles. The second kappa shape index (κ2) is 3.77. The lowest BCUT2D eigenvalue weighted by molar-refractivity contribution is 0.565. The minimum absolute atomic E-state index is 0.0842. The second-order valence-corrected chi connectivity index (χ2v) is 4.45. The SMILES string of the molecule is Cc1ccc(C(C)(C)C)cc1N=C=O. The third-order valence-corrected chi connectivity index (χ3v) is 2.24. The van der Waals surface area contributed by atoms with Crippen molar-refractivity contribution in [1.29, 1.82) is 0 Å². The molecule has 0 aliphatic heterocycles. The first kappa shape index (κ1) is 10.7. The maximum atomic E-state index is 10.2. The molecule has 74 valence electrons. The van der Waals surface area contributed by atoms with Gasteiger partial charge in [-0.05, 0) is 29.5 Å². The van der Waals surface area contributed by atoms with Gasteiger partial charge in [-0.25, -0.2) is 4.79 Å². The summed E-state index contributed by atoms with van der Waals surface area (Å²) in [7, 11) is 0. The Morgan fingerprint density at radius 1 is 1.29 bits per heavy atom. The van der Waals surface area contributed by atoms with Gasteiger partial charge in [-0.3, -0.25) is 0 Å². The molecule has 0 saturated carbocycles. The van der Waals surface area contributed by atoms with Crippen LogP contribution in [-0.4, -0.2) is 6.08 Å². The van der Waals surface area contributed by atoms with Gasteiger partial charge in [0, 0.05) is 0 Å². The monoisotopic (exact) mass is 189 g/mol. The Hall–Kier alpha value is -1.40. The summed E-state index contributed by atoms with van der Waals surface area (Å²) in [5.41, 5.74) is 2.98. The second-order valence-electron chi connectivity index (χ2n) is 4.45. The van der Waals surface area contributed by atoms with Gasteiger partial charge in [-0.1, -0.05) is 32.9 Å². The van der Waals surface area contributed by atoms with Crippen molar-refractivity contribution in [2.24, 2.45) is 4.99 Å². The minimum atomic E-state index is 0.0842. The third-order valence-electron chi connectivity index (χ3n) is 2.24. The summed E-state index contributed by atoms with van der Waals surface area (Å²) >= 11 is 0. The maximum Gasteiger partial charge on any atom is 0.240 e. The van der Waals surface area contributed by atoms with Crippen LogP contribution in [0.15, 0.2) is 23.2 Å². The number of rotatable bonds is 1. The van der Waals surface area contributed by atoms with E-state index in [-0.39, 0.29) is 5.41 Å². The smallest absolute Gasteiger partial charge is 0.211 e. The normalized spacial score (nSPS) is 10.9. The number of carbonyl (C=O) groups excluding carboxylic acids is 1. The number of isocyanates is 1. The largest absolute Gasteiger partial charge is 0.240 e. The molecule has 0 fully saturated rings. The van der Waals surface area contributed by atoms with Crippen LogP contribution in [0, 0.1) is 6.92 Å². The molecule has 0 bridgehead atoms. The van der Waals surface area contributed by atoms with Gasteiger partial charge in [0.2, 0.25) is 6.08 Å². The van der Waals surface area contributed by atoms with Crippen LogP contribution >= 0.6 is 0 Å². The Morgan fingerprint density at radius 2 is 1.93 bits per heavy atom. The highest BCUT2D eigenvalue weighted by Gasteiger charge is 2.14. The Morgan fingerprint density at radius 3 is 2.43 bits per heavy atom. The number of hydrogen-bond donors (Lipinski definition) is 0. The predicted octanol–water partition coefficient (Wildman–Crippen LogP) is 3.26. The first-order chi connectivity index (χ1) is 6.45. The summed E-state index contributed by atoms with van der Waals surface area (Å²) < 4.78 is 0. The average molecular weight is 189 g/mol. The van der Waals surface area contributed by atoms with Crippen LogP contribution in [0.4, 0.5) is 5.69 Å². The quantitative estimate of drug-likeness (QED) is 0.492. The molecule has 0 amide bonds. The minimum Gasteiger partial charge on any atom is -0.211 e. The van der Waals surface area contributed by atoms with Crippen LogP contribution in [0.1, 0.15) is 31.9 Å². The summed E-state index contributed by atoms with van der Waals surface area (Å²) in [5.74, 6) is 0. The van der Waals surface area contributed by atoms with E-state index >= 15 is 0 Å². The maximum absolute atomic E-state index is 10.2. The highest BCUT2D eigenvalue weighted by Crippen LogP contribution is 2.27. The van der Waals surface area contributed by atoms with E-state index in [2.05, 4.69) is 31.8 Å². The Balaban J connectivity index is 3.26. The van der Waals surface area contributed by atoms with Gasteiger partial charge in [-0.2, -0.15) is 4.99 Å². The van der Waals surface area contributed by atoms with Crippen LogP contribution in [0.2, 0.25) is 0 Å². The number of benzene rings is 1. The van der Waals surface area contributed by atoms with Gasteiger partial charge in [-0.15, -0.1) is 0 Å². The molecule has 0 heterocycles. The average Bonchev–Trinajstić information content (AvgIpc) is 2.07. The zero-order valence-corrected chi connectivity index (χ0v) is 9.09. The molecule has 0 saturated heterocycles. The van der Waals surface area contributed by atoms with Crippen LogP contribution in [0.3, 0.4) is 0 Å². The number of nitrogens with zero attached hydrogens (tertiary/aromatic N) is 1. The van der Waals surface area contributed by atoms with Crippen molar-refractivity contribution < 1.29 is 4.79 Å². The van der Waals surface area contributed by atoms with Gasteiger partial charge in [0.05, 0.1) is 5.69 Å². The van der Waals surface area contributed by atoms with E-state index in [1.807, 2.05) is 19.1 Å². The molecule has 0 atom stereocenters. The molecule has 0 N–H and O–H groups in total. The molecule has 0 spiro atoms. The molecule has 0 aromatic heterocycles. The molecule has 1 aromatic rings. The molecule has 0 radical (unpaired) electrons. The highest BCUT2D eigenvalue weighted by molar-refractivity contribution is 5.55. The van der Waals surface area contributed by atoms with Crippen molar-refractivity contribution in [2.45, 2.75) is 33.1 Å². The molecule has 1 aromatic carbocycles. The lowest BCUT2D eigenvalue weighted by Crippen LogP contribution is -2.10. The number of aryl methyl sites for hydroxylation is 1. The summed E-state index contributed by atoms with van der Waals surface area (Å²) in [5, 5.41) is 0. The fourth-order valence-corrected chi connectivity index (χ4v) is 1.25. The van der Waals surface area contributed by atoms with Crippen molar-refractivity contribution in [3.8, 4) is 0 Å². The first-order valence-corrected chi connectivity index (χ1v) is 4.64. The van der Waals surface area contributed by atoms with Crippen LogP contribution < -0.4 is 0 Å². The van der Waals surface area contributed by atoms with Crippen molar-refractivity contribution in [1.82, 2.24) is 0 Å². The van der Waals surface area contributed by atoms with Crippen LogP contribution in [-0.2, 0) is 10.2 Å². The summed E-state index contributed by atoms with van der Waals surface area (Å²) in [6.07, 6.45) is 1.58. The molecular weight excluding hydrogens is 174 g/mol. The zero-order chi connectivity index (χ0) is 10.8. The molecule has 1 rings (SSSR count). The van der Waals surface area contributed by atoms with Crippen molar-refractivity contribution >= 4 is 11.8 Å². The molecular formula is C12H15NO. The summed E-state index contributed by atoms with van der Waals surface area (Å²) in [4.78, 5) is 13.9. The Bertz CT molecular complexity index is 382. The van der Waals surface area contributed by atoms with E-state index in [1.165, 1.54) is 5.56 Å². The fraction of sp³-hybridized carbons (Fsp3) is 0.417. The summed E-state index contributed by atoms with van der Waals surface area (Å²) in [6, 6.07) is 6.00. The van der Waals surface area contributed by atoms with Crippen molar-refractivity contribution in [3.63, 3.8) is 0 Å². The predicted molar refractivity (Wildman–Crippen MR) is 57.7 cm³/mol. The molecule has 2 nitrogen and oxygen atoms in total. The van der Waals surface area contributed by atoms with Gasteiger partial charge >= 0.3 is 0 Å². The standard InChI is InChI=1S/C12H15NO/c1-9-5-6-10(12(2,3)4)7-11(9)13-8-14/h5-7H,1-4H3. The van der Waals surface area contributed by atoms with Gasteiger partial charge in [0.25, 0.3) is 0 Å². The number of aliphatic imine (C=N–C) groups is 1. The Kier molecular flexibility index (Phi) is 2.87. The lowest BCUT2D eigenvalue weighted by Gasteiger charge is -2.19. The third kappa shape index (κ3) is 2.30. The van der Waals surface area contributed by atoms with Crippen molar-refractivity contribution in [2.75, 3.05) is 0 Å². The van der Waals surface area contributed by atoms with Crippen LogP contribution in [0.5, 0.6) is 0 Å². The van der Waals surface area contributed by atoms with E-state index in [0.29, 0.717) is 5.69 Å². The van der Waals surface area contributed by atoms with E-state index in [1.54, 1.807) is 6.08 Å². The summed E-state index contributed by atoms with van der Waals surface area (Å²) in [6.45, 7) is 8.33. The van der Waals surface area contributed by atoms with Gasteiger partial charge in [0.15, 0.2) is 0 Å². The molecule has 14 heavy (non-hydrogen) atoms. The van der Waals surface area contributed by atoms with Gasteiger partial charge < -0.3 is 0 Å². The van der Waals surface area contributed by atoms with Crippen LogP contribution in [0.25, 0.3) is 0 Å². The molecule has 0 aliphatic rings. The first-order valence-electron chi connectivity index (χ1n) is 4.64. The fourth-order valence-electron chi connectivity index (χ4n) is 1.25. The topological polar surface area (TPSA) is 29.4 Å². The molecule has 2 heteroatoms. The van der Waals surface area contributed by atoms with E-state index in [0.717, 1.165) is 5.56 Å². The van der Waals surface area contributed by atoms with E-state index in [4.69, 9.17) is 0 Å².